The highest BCUT2D eigenvalue weighted by molar-refractivity contribution is 6.26. The van der Waals surface area contributed by atoms with E-state index >= 15 is 0 Å². The summed E-state index contributed by atoms with van der Waals surface area (Å²) in [5.41, 5.74) is 13.2. The molecule has 9 heteroatoms. The van der Waals surface area contributed by atoms with Gasteiger partial charge in [0, 0.05) is 24.7 Å². The van der Waals surface area contributed by atoms with Crippen molar-refractivity contribution in [2.24, 2.45) is 11.5 Å². The zero-order chi connectivity index (χ0) is 23.3. The molecule has 1 saturated heterocycles. The number of benzene rings is 2. The Labute approximate surface area is 184 Å². The Hall–Kier alpha value is -3.93. The number of halogens is 2. The van der Waals surface area contributed by atoms with Crippen LogP contribution in [0.3, 0.4) is 0 Å². The number of piperidine rings is 1. The highest BCUT2D eigenvalue weighted by Gasteiger charge is 2.23. The smallest absolute Gasteiger partial charge is 0.254 e. The second-order valence-electron chi connectivity index (χ2n) is 7.68. The third-order valence-electron chi connectivity index (χ3n) is 5.32. The number of primary amides is 1. The molecule has 32 heavy (non-hydrogen) atoms. The van der Waals surface area contributed by atoms with Crippen LogP contribution in [0.15, 0.2) is 53.9 Å². The monoisotopic (exact) mass is 438 g/mol. The molecule has 1 aliphatic heterocycles. The Kier molecular flexibility index (Phi) is 7.05. The molecule has 1 amide bonds. The third kappa shape index (κ3) is 5.40. The van der Waals surface area contributed by atoms with E-state index in [4.69, 9.17) is 22.1 Å². The zero-order valence-corrected chi connectivity index (χ0v) is 17.4. The van der Waals surface area contributed by atoms with Gasteiger partial charge < -0.3 is 21.7 Å². The van der Waals surface area contributed by atoms with Crippen molar-refractivity contribution in [3.05, 3.63) is 82.2 Å². The van der Waals surface area contributed by atoms with Gasteiger partial charge in [0.25, 0.3) is 5.91 Å². The lowest BCUT2D eigenvalue weighted by molar-refractivity contribution is -0.114. The summed E-state index contributed by atoms with van der Waals surface area (Å²) in [4.78, 5) is 13.7. The highest BCUT2D eigenvalue weighted by Crippen LogP contribution is 2.17. The van der Waals surface area contributed by atoms with Crippen LogP contribution in [-0.2, 0) is 11.2 Å². The van der Waals surface area contributed by atoms with E-state index in [0.717, 1.165) is 30.5 Å². The van der Waals surface area contributed by atoms with Crippen molar-refractivity contribution < 1.29 is 13.6 Å². The van der Waals surface area contributed by atoms with Gasteiger partial charge in [-0.05, 0) is 42.5 Å². The molecule has 1 aliphatic rings. The van der Waals surface area contributed by atoms with Gasteiger partial charge in [0.2, 0.25) is 0 Å². The molecule has 166 valence electrons. The van der Waals surface area contributed by atoms with Crippen LogP contribution in [0.1, 0.15) is 29.5 Å². The van der Waals surface area contributed by atoms with Crippen LogP contribution in [0.5, 0.6) is 0 Å². The van der Waals surface area contributed by atoms with Crippen molar-refractivity contribution in [3.63, 3.8) is 0 Å². The molecule has 0 spiro atoms. The summed E-state index contributed by atoms with van der Waals surface area (Å²) in [6.45, 7) is 1.13. The molecule has 1 heterocycles. The number of rotatable bonds is 7. The molecule has 7 nitrogen and oxygen atoms in total. The Bertz CT molecular complexity index is 1090. The first-order chi connectivity index (χ1) is 15.3. The van der Waals surface area contributed by atoms with Crippen molar-refractivity contribution in [1.29, 1.82) is 10.7 Å². The molecule has 0 aliphatic carbocycles. The Morgan fingerprint density at radius 3 is 2.47 bits per heavy atom. The zero-order valence-electron chi connectivity index (χ0n) is 17.4. The van der Waals surface area contributed by atoms with Crippen LogP contribution in [0.2, 0.25) is 0 Å². The van der Waals surface area contributed by atoms with Crippen molar-refractivity contribution in [2.45, 2.75) is 25.3 Å². The second-order valence-corrected chi connectivity index (χ2v) is 7.68. The average molecular weight is 438 g/mol. The van der Waals surface area contributed by atoms with Gasteiger partial charge in [-0.3, -0.25) is 10.2 Å². The molecule has 1 atom stereocenters. The molecule has 1 unspecified atom stereocenters. The lowest BCUT2D eigenvalue weighted by Gasteiger charge is -2.30. The number of hydrogen-bond donors (Lipinski definition) is 4. The fraction of sp³-hybridized carbons (Fsp3) is 0.261. The van der Waals surface area contributed by atoms with E-state index in [2.05, 4.69) is 11.5 Å². The highest BCUT2D eigenvalue weighted by atomic mass is 19.2. The molecule has 2 aromatic rings. The van der Waals surface area contributed by atoms with Gasteiger partial charge >= 0.3 is 0 Å². The van der Waals surface area contributed by atoms with Crippen LogP contribution in [0, 0.1) is 28.5 Å². The standard InChI is InChI=1S/C23H24F2N6O/c24-18-8-5-15(11-19(18)25)10-14-3-6-16(7-4-14)21(27)20(23(29)32)22(28)30-17-2-1-9-31(12-17)13-26/h3-8,11,17,27,30H,1-2,9-10,12,28H2,(H2,29,32)/b22-20+,27-21?. The summed E-state index contributed by atoms with van der Waals surface area (Å²) < 4.78 is 26.5. The number of nitrogens with two attached hydrogens (primary N) is 2. The Morgan fingerprint density at radius 2 is 1.84 bits per heavy atom. The minimum atomic E-state index is -0.907. The lowest BCUT2D eigenvalue weighted by Crippen LogP contribution is -2.46. The topological polar surface area (TPSA) is 132 Å². The summed E-state index contributed by atoms with van der Waals surface area (Å²) in [5, 5.41) is 20.6. The SMILES string of the molecule is N#CN1CCCC(N/C(N)=C(\C(=N)c2ccc(Cc3ccc(F)c(F)c3)cc2)C(N)=O)C1. The van der Waals surface area contributed by atoms with Crippen molar-refractivity contribution in [1.82, 2.24) is 10.2 Å². The number of nitriles is 1. The summed E-state index contributed by atoms with van der Waals surface area (Å²) in [6.07, 6.45) is 4.06. The molecule has 0 radical (unpaired) electrons. The molecule has 0 saturated carbocycles. The summed E-state index contributed by atoms with van der Waals surface area (Å²) in [5.74, 6) is -2.64. The first kappa shape index (κ1) is 22.7. The predicted octanol–water partition coefficient (Wildman–Crippen LogP) is 2.11. The number of nitrogens with zero attached hydrogens (tertiary/aromatic N) is 2. The summed E-state index contributed by atoms with van der Waals surface area (Å²) >= 11 is 0. The fourth-order valence-electron chi connectivity index (χ4n) is 3.69. The van der Waals surface area contributed by atoms with Crippen molar-refractivity contribution >= 4 is 11.6 Å². The Morgan fingerprint density at radius 1 is 1.16 bits per heavy atom. The normalized spacial score (nSPS) is 16.7. The summed E-state index contributed by atoms with van der Waals surface area (Å²) in [7, 11) is 0. The number of hydrogen-bond acceptors (Lipinski definition) is 6. The molecule has 3 rings (SSSR count). The maximum atomic E-state index is 13.4. The number of nitrogens with one attached hydrogen (secondary N) is 2. The second kappa shape index (κ2) is 9.92. The van der Waals surface area contributed by atoms with Crippen LogP contribution in [0.4, 0.5) is 8.78 Å². The molecule has 1 fully saturated rings. The predicted molar refractivity (Wildman–Crippen MR) is 116 cm³/mol. The van der Waals surface area contributed by atoms with Crippen LogP contribution in [0.25, 0.3) is 0 Å². The van der Waals surface area contributed by atoms with E-state index in [1.165, 1.54) is 6.07 Å². The van der Waals surface area contributed by atoms with E-state index in [1.807, 2.05) is 0 Å². The van der Waals surface area contributed by atoms with Crippen molar-refractivity contribution in [2.75, 3.05) is 13.1 Å². The first-order valence-electron chi connectivity index (χ1n) is 10.1. The van der Waals surface area contributed by atoms with Gasteiger partial charge in [-0.2, -0.15) is 5.26 Å². The third-order valence-corrected chi connectivity index (χ3v) is 5.32. The van der Waals surface area contributed by atoms with Gasteiger partial charge in [-0.1, -0.05) is 30.3 Å². The van der Waals surface area contributed by atoms with E-state index in [9.17, 15) is 13.6 Å². The molecule has 6 N–H and O–H groups in total. The summed E-state index contributed by atoms with van der Waals surface area (Å²) in [6, 6.07) is 10.4. The molecule has 0 bridgehead atoms. The molecular formula is C23H24F2N6O. The van der Waals surface area contributed by atoms with Crippen LogP contribution < -0.4 is 16.8 Å². The van der Waals surface area contributed by atoms with E-state index in [0.29, 0.717) is 30.6 Å². The number of carbonyl (C=O) groups is 1. The minimum Gasteiger partial charge on any atom is -0.385 e. The fourth-order valence-corrected chi connectivity index (χ4v) is 3.69. The van der Waals surface area contributed by atoms with E-state index < -0.39 is 17.5 Å². The maximum Gasteiger partial charge on any atom is 0.254 e. The van der Waals surface area contributed by atoms with E-state index in [1.54, 1.807) is 29.2 Å². The van der Waals surface area contributed by atoms with Gasteiger partial charge in [0.15, 0.2) is 17.8 Å². The van der Waals surface area contributed by atoms with E-state index in [-0.39, 0.29) is 23.1 Å². The van der Waals surface area contributed by atoms with Gasteiger partial charge in [0.05, 0.1) is 5.71 Å². The number of carbonyl (C=O) groups excluding carboxylic acids is 1. The average Bonchev–Trinajstić information content (AvgIpc) is 2.76. The van der Waals surface area contributed by atoms with Crippen LogP contribution in [-0.4, -0.2) is 35.7 Å². The minimum absolute atomic E-state index is 0.00171. The largest absolute Gasteiger partial charge is 0.385 e. The number of amides is 1. The number of likely N-dealkylation sites (tertiary alicyclic amines) is 1. The quantitative estimate of drug-likeness (QED) is 0.299. The van der Waals surface area contributed by atoms with Crippen LogP contribution >= 0.6 is 0 Å². The molecule has 0 aromatic heterocycles. The molecular weight excluding hydrogens is 414 g/mol. The van der Waals surface area contributed by atoms with Crippen molar-refractivity contribution in [3.8, 4) is 6.19 Å². The van der Waals surface area contributed by atoms with Gasteiger partial charge in [-0.25, -0.2) is 8.78 Å². The maximum absolute atomic E-state index is 13.4. The Balaban J connectivity index is 1.75. The van der Waals surface area contributed by atoms with Gasteiger partial charge in [-0.15, -0.1) is 0 Å². The lowest BCUT2D eigenvalue weighted by atomic mass is 9.98. The first-order valence-corrected chi connectivity index (χ1v) is 10.1. The molecule has 2 aromatic carbocycles. The van der Waals surface area contributed by atoms with Gasteiger partial charge in [0.1, 0.15) is 11.4 Å².